The maximum Gasteiger partial charge on any atom is 0.329 e. The first-order valence-electron chi connectivity index (χ1n) is 24.0. The third kappa shape index (κ3) is 13.5. The number of ketones is 2. The molecule has 2 saturated heterocycles. The number of allylic oxidation sites excluding steroid dienone is 3. The summed E-state index contributed by atoms with van der Waals surface area (Å²) >= 11 is 0. The molecule has 0 radical (unpaired) electrons. The molecule has 0 aromatic heterocycles. The van der Waals surface area contributed by atoms with Crippen LogP contribution in [0.4, 0.5) is 0 Å². The summed E-state index contributed by atoms with van der Waals surface area (Å²) in [6.07, 6.45) is 11.9. The fraction of sp³-hybridized carbons (Fsp3) is 0.692. The number of aliphatic hydroxyl groups is 1. The highest BCUT2D eigenvalue weighted by molar-refractivity contribution is 6.39. The van der Waals surface area contributed by atoms with Crippen LogP contribution >= 0.6 is 0 Å². The SMILES string of the molecule is CCC1(C)/C=C(\C)CC(C)CC(OC)C2CCCC(O)(O2)C(=O)C(=O)N2CCCCC2C(=O)OC(C(C)=CC2CCC(OCC=Cc3ccc(O)cc3)C(OC)C2)C(C)CC(OC)C1=O. The zero-order chi connectivity index (χ0) is 47.5. The summed E-state index contributed by atoms with van der Waals surface area (Å²) in [7, 11) is 4.81. The average molecular weight is 908 g/mol. The van der Waals surface area contributed by atoms with Crippen molar-refractivity contribution >= 4 is 29.5 Å². The minimum absolute atomic E-state index is 0.0469. The molecule has 2 N–H and O–H groups in total. The molecule has 1 amide bonds. The Labute approximate surface area is 387 Å². The first kappa shape index (κ1) is 52.3. The van der Waals surface area contributed by atoms with Gasteiger partial charge in [-0.25, -0.2) is 4.79 Å². The summed E-state index contributed by atoms with van der Waals surface area (Å²) in [6, 6.07) is 5.90. The minimum Gasteiger partial charge on any atom is -0.508 e. The van der Waals surface area contributed by atoms with Crippen LogP contribution < -0.4 is 0 Å². The van der Waals surface area contributed by atoms with Gasteiger partial charge in [0.2, 0.25) is 5.79 Å². The van der Waals surface area contributed by atoms with Crippen molar-refractivity contribution in [1.29, 1.82) is 0 Å². The third-order valence-electron chi connectivity index (χ3n) is 14.4. The highest BCUT2D eigenvalue weighted by Gasteiger charge is 2.50. The van der Waals surface area contributed by atoms with Crippen LogP contribution in [0.15, 0.2) is 53.6 Å². The number of hydrogen-bond acceptors (Lipinski definition) is 12. The number of esters is 1. The van der Waals surface area contributed by atoms with Crippen LogP contribution in [-0.2, 0) is 47.6 Å². The van der Waals surface area contributed by atoms with Gasteiger partial charge in [-0.15, -0.1) is 0 Å². The summed E-state index contributed by atoms with van der Waals surface area (Å²) in [5.41, 5.74) is 1.98. The standard InChI is InChI=1S/C52H77NO12/c1-10-51(6)32-34(3)27-33(2)28-43(60-7)42-17-13-24-52(59,65-42)48(56)49(57)53-25-12-11-16-40(53)50(58)64-46(36(5)30-45(62-9)47(51)55)35(4)29-38-20-23-41(44(31-38)61-8)63-26-14-15-37-18-21-39(54)22-19-37/h14-15,18-19,21-22,29,32-33,36,38,40-46,54,59H,10-13,16-17,20,23-28,30-31H2,1-9H3/b15-14?,34-32+,35-29?. The number of phenols is 1. The predicted molar refractivity (Wildman–Crippen MR) is 248 cm³/mol. The Bertz CT molecular complexity index is 1860. The molecule has 65 heavy (non-hydrogen) atoms. The lowest BCUT2D eigenvalue weighted by Gasteiger charge is -2.41. The normalized spacial score (nSPS) is 36.4. The Morgan fingerprint density at radius 1 is 0.908 bits per heavy atom. The number of ether oxygens (including phenoxy) is 6. The summed E-state index contributed by atoms with van der Waals surface area (Å²) in [5.74, 6) is -5.11. The number of piperidine rings is 1. The second-order valence-electron chi connectivity index (χ2n) is 19.5. The van der Waals surface area contributed by atoms with Crippen molar-refractivity contribution in [3.63, 3.8) is 0 Å². The summed E-state index contributed by atoms with van der Waals surface area (Å²) < 4.78 is 36.8. The Kier molecular flexibility index (Phi) is 19.2. The fourth-order valence-electron chi connectivity index (χ4n) is 10.6. The molecule has 4 aliphatic rings. The second-order valence-corrected chi connectivity index (χ2v) is 19.5. The van der Waals surface area contributed by atoms with E-state index in [4.69, 9.17) is 28.4 Å². The van der Waals surface area contributed by atoms with Crippen molar-refractivity contribution in [3.8, 4) is 5.75 Å². The lowest BCUT2D eigenvalue weighted by Crippen LogP contribution is -2.59. The Hall–Kier alpha value is -3.72. The zero-order valence-electron chi connectivity index (χ0n) is 40.4. The van der Waals surface area contributed by atoms with Gasteiger partial charge in [-0.1, -0.05) is 62.8 Å². The van der Waals surface area contributed by atoms with E-state index in [0.29, 0.717) is 58.0 Å². The second kappa shape index (κ2) is 23.8. The van der Waals surface area contributed by atoms with Gasteiger partial charge >= 0.3 is 5.97 Å². The number of cyclic esters (lactones) is 1. The van der Waals surface area contributed by atoms with Gasteiger partial charge in [0, 0.05) is 39.7 Å². The van der Waals surface area contributed by atoms with Crippen LogP contribution in [-0.4, -0.2) is 121 Å². The number of carbonyl (C=O) groups is 4. The van der Waals surface area contributed by atoms with Crippen molar-refractivity contribution in [2.45, 2.75) is 173 Å². The fourth-order valence-corrected chi connectivity index (χ4v) is 10.6. The first-order valence-corrected chi connectivity index (χ1v) is 24.0. The summed E-state index contributed by atoms with van der Waals surface area (Å²) in [5, 5.41) is 21.3. The molecule has 12 unspecified atom stereocenters. The highest BCUT2D eigenvalue weighted by atomic mass is 16.6. The van der Waals surface area contributed by atoms with E-state index in [2.05, 4.69) is 19.1 Å². The molecule has 1 aliphatic carbocycles. The largest absolute Gasteiger partial charge is 0.508 e. The van der Waals surface area contributed by atoms with Gasteiger partial charge in [0.05, 0.1) is 31.0 Å². The van der Waals surface area contributed by atoms with Crippen LogP contribution in [0.1, 0.15) is 131 Å². The molecule has 3 fully saturated rings. The number of aromatic hydroxyl groups is 1. The van der Waals surface area contributed by atoms with Gasteiger partial charge in [-0.2, -0.15) is 0 Å². The number of Topliss-reactive ketones (excluding diaryl/α,β-unsaturated/α-hetero) is 2. The number of methoxy groups -OCH3 is 3. The van der Waals surface area contributed by atoms with Crippen LogP contribution in [0.3, 0.4) is 0 Å². The molecule has 13 nitrogen and oxygen atoms in total. The van der Waals surface area contributed by atoms with E-state index in [9.17, 15) is 29.4 Å². The van der Waals surface area contributed by atoms with Crippen LogP contribution in [0.2, 0.25) is 0 Å². The van der Waals surface area contributed by atoms with Gasteiger partial charge in [-0.3, -0.25) is 14.4 Å². The molecule has 1 aromatic rings. The number of benzene rings is 1. The van der Waals surface area contributed by atoms with E-state index in [1.165, 1.54) is 4.90 Å². The van der Waals surface area contributed by atoms with Gasteiger partial charge in [0.15, 0.2) is 5.78 Å². The van der Waals surface area contributed by atoms with Gasteiger partial charge in [-0.05, 0) is 139 Å². The molecule has 2 bridgehead atoms. The predicted octanol–water partition coefficient (Wildman–Crippen LogP) is 8.09. The van der Waals surface area contributed by atoms with Crippen LogP contribution in [0.25, 0.3) is 6.08 Å². The maximum atomic E-state index is 14.6. The summed E-state index contributed by atoms with van der Waals surface area (Å²) in [6.45, 7) is 12.5. The molecule has 13 heteroatoms. The van der Waals surface area contributed by atoms with Crippen molar-refractivity contribution < 1.29 is 57.8 Å². The molecule has 5 rings (SSSR count). The molecule has 12 atom stereocenters. The smallest absolute Gasteiger partial charge is 0.329 e. The van der Waals surface area contributed by atoms with Crippen molar-refractivity contribution in [1.82, 2.24) is 4.90 Å². The number of amides is 1. The molecule has 1 aromatic carbocycles. The Balaban J connectivity index is 1.44. The average Bonchev–Trinajstić information content (AvgIpc) is 3.29. The van der Waals surface area contributed by atoms with Crippen molar-refractivity contribution in [2.75, 3.05) is 34.5 Å². The maximum absolute atomic E-state index is 14.6. The molecular weight excluding hydrogens is 831 g/mol. The minimum atomic E-state index is -2.36. The molecular formula is C52H77NO12. The Morgan fingerprint density at radius 3 is 2.31 bits per heavy atom. The van der Waals surface area contributed by atoms with E-state index >= 15 is 0 Å². The first-order chi connectivity index (χ1) is 30.9. The number of carbonyl (C=O) groups excluding carboxylic acids is 4. The lowest BCUT2D eigenvalue weighted by molar-refractivity contribution is -0.258. The molecule has 3 heterocycles. The molecule has 0 spiro atoms. The highest BCUT2D eigenvalue weighted by Crippen LogP contribution is 2.38. The number of hydrogen-bond donors (Lipinski definition) is 2. The van der Waals surface area contributed by atoms with Gasteiger partial charge in [0.1, 0.15) is 24.0 Å². The van der Waals surface area contributed by atoms with Crippen molar-refractivity contribution in [3.05, 3.63) is 59.2 Å². The Morgan fingerprint density at radius 2 is 1.63 bits per heavy atom. The van der Waals surface area contributed by atoms with Crippen LogP contribution in [0, 0.1) is 23.2 Å². The van der Waals surface area contributed by atoms with E-state index in [-0.39, 0.29) is 61.4 Å². The van der Waals surface area contributed by atoms with E-state index in [0.717, 1.165) is 29.6 Å². The van der Waals surface area contributed by atoms with E-state index < -0.39 is 65.2 Å². The van der Waals surface area contributed by atoms with Gasteiger partial charge < -0.3 is 43.5 Å². The van der Waals surface area contributed by atoms with E-state index in [1.54, 1.807) is 33.5 Å². The van der Waals surface area contributed by atoms with Crippen molar-refractivity contribution in [2.24, 2.45) is 23.2 Å². The quantitative estimate of drug-likeness (QED) is 0.132. The molecule has 3 aliphatic heterocycles. The van der Waals surface area contributed by atoms with E-state index in [1.807, 2.05) is 58.9 Å². The van der Waals surface area contributed by atoms with Crippen LogP contribution in [0.5, 0.6) is 5.75 Å². The summed E-state index contributed by atoms with van der Waals surface area (Å²) in [4.78, 5) is 58.6. The zero-order valence-corrected chi connectivity index (χ0v) is 40.4. The number of nitrogens with zero attached hydrogens (tertiary/aromatic N) is 1. The monoisotopic (exact) mass is 908 g/mol. The number of phenolic OH excluding ortho intramolecular Hbond substituents is 1. The molecule has 362 valence electrons. The molecule has 1 saturated carbocycles. The number of fused-ring (bicyclic) bond motifs is 3. The topological polar surface area (TPSA) is 167 Å². The lowest BCUT2D eigenvalue weighted by atomic mass is 9.76. The van der Waals surface area contributed by atoms with Gasteiger partial charge in [0.25, 0.3) is 11.7 Å². The number of rotatable bonds is 10. The third-order valence-corrected chi connectivity index (χ3v) is 14.4.